The lowest BCUT2D eigenvalue weighted by atomic mass is 9.99. The predicted molar refractivity (Wildman–Crippen MR) is 63.2 cm³/mol. The first-order chi connectivity index (χ1) is 7.16. The molecular formula is C13H17NO. The van der Waals surface area contributed by atoms with Gasteiger partial charge in [0.1, 0.15) is 0 Å². The second kappa shape index (κ2) is 4.07. The Morgan fingerprint density at radius 3 is 3.00 bits per heavy atom. The molecule has 0 aromatic heterocycles. The van der Waals surface area contributed by atoms with E-state index in [1.54, 1.807) is 0 Å². The minimum absolute atomic E-state index is 0.251. The molecule has 0 spiro atoms. The monoisotopic (exact) mass is 203 g/mol. The molecule has 0 fully saturated rings. The van der Waals surface area contributed by atoms with Gasteiger partial charge in [0, 0.05) is 25.2 Å². The van der Waals surface area contributed by atoms with Crippen molar-refractivity contribution in [2.45, 2.75) is 19.4 Å². The van der Waals surface area contributed by atoms with Crippen LogP contribution in [0.15, 0.2) is 36.4 Å². The van der Waals surface area contributed by atoms with Gasteiger partial charge in [0.2, 0.25) is 0 Å². The number of hydrogen-bond acceptors (Lipinski definition) is 2. The summed E-state index contributed by atoms with van der Waals surface area (Å²) in [6.45, 7) is 7.48. The maximum Gasteiger partial charge on any atom is 0.0756 e. The lowest BCUT2D eigenvalue weighted by molar-refractivity contribution is 0.176. The van der Waals surface area contributed by atoms with Crippen LogP contribution in [0.5, 0.6) is 0 Å². The van der Waals surface area contributed by atoms with Crippen LogP contribution < -0.4 is 4.90 Å². The number of benzene rings is 1. The first-order valence-electron chi connectivity index (χ1n) is 5.32. The average Bonchev–Trinajstić information content (AvgIpc) is 2.16. The standard InChI is InChI=1S/C13H17NO/c1-10(2)8-14-9-12(15)7-11-5-3-4-6-13(11)14/h3-6,12,15H,1,7-9H2,2H3/t12-/m1/s1. The third kappa shape index (κ3) is 2.21. The number of β-amino-alcohol motifs (C(OH)–C–C–N with tert-alkyl or cyclic N) is 1. The van der Waals surface area contributed by atoms with Crippen LogP contribution in [0.3, 0.4) is 0 Å². The van der Waals surface area contributed by atoms with Crippen LogP contribution in [0.4, 0.5) is 5.69 Å². The smallest absolute Gasteiger partial charge is 0.0756 e. The highest BCUT2D eigenvalue weighted by atomic mass is 16.3. The van der Waals surface area contributed by atoms with E-state index in [1.165, 1.54) is 11.3 Å². The fraction of sp³-hybridized carbons (Fsp3) is 0.385. The Balaban J connectivity index is 2.29. The first kappa shape index (κ1) is 10.2. The van der Waals surface area contributed by atoms with Gasteiger partial charge in [-0.05, 0) is 18.6 Å². The van der Waals surface area contributed by atoms with Crippen molar-refractivity contribution in [1.82, 2.24) is 0 Å². The van der Waals surface area contributed by atoms with Gasteiger partial charge in [-0.25, -0.2) is 0 Å². The summed E-state index contributed by atoms with van der Waals surface area (Å²) in [5.74, 6) is 0. The molecule has 1 aromatic carbocycles. The molecule has 1 heterocycles. The summed E-state index contributed by atoms with van der Waals surface area (Å²) in [5, 5.41) is 9.77. The van der Waals surface area contributed by atoms with Gasteiger partial charge < -0.3 is 10.0 Å². The molecule has 1 atom stereocenters. The van der Waals surface area contributed by atoms with Gasteiger partial charge in [0.15, 0.2) is 0 Å². The highest BCUT2D eigenvalue weighted by molar-refractivity contribution is 5.56. The highest BCUT2D eigenvalue weighted by Gasteiger charge is 2.21. The van der Waals surface area contributed by atoms with Gasteiger partial charge in [-0.3, -0.25) is 0 Å². The SMILES string of the molecule is C=C(C)CN1C[C@H](O)Cc2ccccc21. The Bertz CT molecular complexity index is 373. The number of rotatable bonds is 2. The molecule has 0 unspecified atom stereocenters. The summed E-state index contributed by atoms with van der Waals surface area (Å²) < 4.78 is 0. The molecule has 0 saturated heterocycles. The van der Waals surface area contributed by atoms with Gasteiger partial charge in [-0.1, -0.05) is 30.4 Å². The van der Waals surface area contributed by atoms with Crippen molar-refractivity contribution in [1.29, 1.82) is 0 Å². The van der Waals surface area contributed by atoms with Gasteiger partial charge in [-0.15, -0.1) is 0 Å². The summed E-state index contributed by atoms with van der Waals surface area (Å²) in [7, 11) is 0. The van der Waals surface area contributed by atoms with Crippen molar-refractivity contribution >= 4 is 5.69 Å². The Kier molecular flexibility index (Phi) is 2.78. The van der Waals surface area contributed by atoms with Gasteiger partial charge in [0.05, 0.1) is 6.10 Å². The highest BCUT2D eigenvalue weighted by Crippen LogP contribution is 2.27. The van der Waals surface area contributed by atoms with Crippen LogP contribution in [-0.4, -0.2) is 24.3 Å². The minimum atomic E-state index is -0.251. The fourth-order valence-electron chi connectivity index (χ4n) is 2.14. The molecule has 2 heteroatoms. The number of aliphatic hydroxyl groups is 1. The normalized spacial score (nSPS) is 19.9. The van der Waals surface area contributed by atoms with Gasteiger partial charge >= 0.3 is 0 Å². The molecule has 1 aliphatic heterocycles. The van der Waals surface area contributed by atoms with E-state index in [4.69, 9.17) is 0 Å². The molecule has 0 radical (unpaired) electrons. The number of nitrogens with zero attached hydrogens (tertiary/aromatic N) is 1. The largest absolute Gasteiger partial charge is 0.391 e. The van der Waals surface area contributed by atoms with Gasteiger partial charge in [-0.2, -0.15) is 0 Å². The first-order valence-corrected chi connectivity index (χ1v) is 5.32. The van der Waals surface area contributed by atoms with Gasteiger partial charge in [0.25, 0.3) is 0 Å². The maximum atomic E-state index is 9.77. The van der Waals surface area contributed by atoms with E-state index >= 15 is 0 Å². The summed E-state index contributed by atoms with van der Waals surface area (Å²) in [4.78, 5) is 2.20. The molecule has 1 aromatic rings. The summed E-state index contributed by atoms with van der Waals surface area (Å²) in [5.41, 5.74) is 3.60. The Labute approximate surface area is 90.8 Å². The van der Waals surface area contributed by atoms with Crippen molar-refractivity contribution in [2.75, 3.05) is 18.0 Å². The van der Waals surface area contributed by atoms with Crippen LogP contribution in [0.25, 0.3) is 0 Å². The molecule has 15 heavy (non-hydrogen) atoms. The minimum Gasteiger partial charge on any atom is -0.391 e. The van der Waals surface area contributed by atoms with Crippen LogP contribution in [-0.2, 0) is 6.42 Å². The number of aliphatic hydroxyl groups excluding tert-OH is 1. The van der Waals surface area contributed by atoms with Crippen LogP contribution in [0.2, 0.25) is 0 Å². The van der Waals surface area contributed by atoms with E-state index in [0.29, 0.717) is 6.54 Å². The lowest BCUT2D eigenvalue weighted by Crippen LogP contribution is -2.39. The Morgan fingerprint density at radius 2 is 2.27 bits per heavy atom. The van der Waals surface area contributed by atoms with E-state index < -0.39 is 0 Å². The number of fused-ring (bicyclic) bond motifs is 1. The summed E-state index contributed by atoms with van der Waals surface area (Å²) in [6.07, 6.45) is 0.516. The Morgan fingerprint density at radius 1 is 1.53 bits per heavy atom. The van der Waals surface area contributed by atoms with E-state index in [-0.39, 0.29) is 6.10 Å². The quantitative estimate of drug-likeness (QED) is 0.743. The average molecular weight is 203 g/mol. The number of anilines is 1. The molecule has 80 valence electrons. The fourth-order valence-corrected chi connectivity index (χ4v) is 2.14. The molecule has 0 bridgehead atoms. The lowest BCUT2D eigenvalue weighted by Gasteiger charge is -2.34. The van der Waals surface area contributed by atoms with Crippen molar-refractivity contribution in [3.63, 3.8) is 0 Å². The van der Waals surface area contributed by atoms with E-state index in [0.717, 1.165) is 18.5 Å². The molecule has 2 nitrogen and oxygen atoms in total. The molecule has 2 rings (SSSR count). The number of para-hydroxylation sites is 1. The third-order valence-corrected chi connectivity index (χ3v) is 2.68. The molecule has 0 aliphatic carbocycles. The molecular weight excluding hydrogens is 186 g/mol. The van der Waals surface area contributed by atoms with Crippen molar-refractivity contribution in [3.8, 4) is 0 Å². The Hall–Kier alpha value is -1.28. The zero-order chi connectivity index (χ0) is 10.8. The zero-order valence-corrected chi connectivity index (χ0v) is 9.11. The van der Waals surface area contributed by atoms with E-state index in [1.807, 2.05) is 19.1 Å². The summed E-state index contributed by atoms with van der Waals surface area (Å²) >= 11 is 0. The second-order valence-corrected chi connectivity index (χ2v) is 4.32. The molecule has 0 amide bonds. The van der Waals surface area contributed by atoms with Crippen LogP contribution in [0, 0.1) is 0 Å². The van der Waals surface area contributed by atoms with E-state index in [9.17, 15) is 5.11 Å². The van der Waals surface area contributed by atoms with Crippen molar-refractivity contribution in [3.05, 3.63) is 42.0 Å². The van der Waals surface area contributed by atoms with E-state index in [2.05, 4.69) is 23.6 Å². The molecule has 1 aliphatic rings. The second-order valence-electron chi connectivity index (χ2n) is 4.32. The maximum absolute atomic E-state index is 9.77. The third-order valence-electron chi connectivity index (χ3n) is 2.68. The molecule has 0 saturated carbocycles. The van der Waals surface area contributed by atoms with Crippen LogP contribution >= 0.6 is 0 Å². The van der Waals surface area contributed by atoms with Crippen LogP contribution in [0.1, 0.15) is 12.5 Å². The topological polar surface area (TPSA) is 23.5 Å². The predicted octanol–water partition coefficient (Wildman–Crippen LogP) is 1.99. The summed E-state index contributed by atoms with van der Waals surface area (Å²) in [6, 6.07) is 8.27. The number of hydrogen-bond donors (Lipinski definition) is 1. The zero-order valence-electron chi connectivity index (χ0n) is 9.11. The molecule has 1 N–H and O–H groups in total. The van der Waals surface area contributed by atoms with Crippen molar-refractivity contribution < 1.29 is 5.11 Å². The van der Waals surface area contributed by atoms with Crippen molar-refractivity contribution in [2.24, 2.45) is 0 Å².